The van der Waals surface area contributed by atoms with Crippen LogP contribution < -0.4 is 5.32 Å². The molecule has 3 rings (SSSR count). The highest BCUT2D eigenvalue weighted by atomic mass is 16.6. The van der Waals surface area contributed by atoms with Gasteiger partial charge in [-0.2, -0.15) is 0 Å². The van der Waals surface area contributed by atoms with Crippen molar-refractivity contribution in [3.05, 3.63) is 0 Å². The van der Waals surface area contributed by atoms with E-state index in [1.54, 1.807) is 0 Å². The maximum Gasteiger partial charge on any atom is 0.410 e. The molecule has 0 radical (unpaired) electrons. The van der Waals surface area contributed by atoms with Crippen molar-refractivity contribution in [1.29, 1.82) is 0 Å². The Morgan fingerprint density at radius 2 is 1.74 bits per heavy atom. The molecular weight excluding hydrogens is 288 g/mol. The van der Waals surface area contributed by atoms with Crippen LogP contribution in [0, 0.1) is 5.41 Å². The monoisotopic (exact) mass is 322 g/mol. The van der Waals surface area contributed by atoms with Crippen molar-refractivity contribution in [1.82, 2.24) is 10.2 Å². The van der Waals surface area contributed by atoms with E-state index in [9.17, 15) is 4.79 Å². The SMILES string of the molecule is CC(C)(C)OC(=O)N1C2CCC1CC(NC1CCCC1(C)C)C2. The third-order valence-corrected chi connectivity index (χ3v) is 6.03. The molecule has 4 nitrogen and oxygen atoms in total. The van der Waals surface area contributed by atoms with Gasteiger partial charge in [0.1, 0.15) is 5.60 Å². The second-order valence-corrected chi connectivity index (χ2v) is 9.54. The molecule has 3 unspecified atom stereocenters. The van der Waals surface area contributed by atoms with Crippen molar-refractivity contribution in [3.63, 3.8) is 0 Å². The van der Waals surface area contributed by atoms with Crippen LogP contribution in [0.4, 0.5) is 4.79 Å². The Hall–Kier alpha value is -0.770. The van der Waals surface area contributed by atoms with E-state index >= 15 is 0 Å². The molecule has 3 aliphatic rings. The van der Waals surface area contributed by atoms with Crippen LogP contribution in [0.5, 0.6) is 0 Å². The van der Waals surface area contributed by atoms with E-state index in [0.29, 0.717) is 29.6 Å². The van der Waals surface area contributed by atoms with Gasteiger partial charge in [0.05, 0.1) is 0 Å². The molecule has 3 fully saturated rings. The van der Waals surface area contributed by atoms with Gasteiger partial charge in [0.2, 0.25) is 0 Å². The molecule has 2 aliphatic heterocycles. The van der Waals surface area contributed by atoms with Gasteiger partial charge in [-0.05, 0) is 64.7 Å². The fraction of sp³-hybridized carbons (Fsp3) is 0.947. The molecule has 132 valence electrons. The number of carbonyl (C=O) groups is 1. The Morgan fingerprint density at radius 1 is 1.13 bits per heavy atom. The normalized spacial score (nSPS) is 36.3. The maximum atomic E-state index is 12.5. The largest absolute Gasteiger partial charge is 0.444 e. The fourth-order valence-electron chi connectivity index (χ4n) is 4.85. The number of rotatable bonds is 2. The van der Waals surface area contributed by atoms with Gasteiger partial charge < -0.3 is 15.0 Å². The summed E-state index contributed by atoms with van der Waals surface area (Å²) in [7, 11) is 0. The summed E-state index contributed by atoms with van der Waals surface area (Å²) in [4.78, 5) is 14.6. The number of nitrogens with zero attached hydrogens (tertiary/aromatic N) is 1. The average Bonchev–Trinajstić information content (AvgIpc) is 2.86. The lowest BCUT2D eigenvalue weighted by molar-refractivity contribution is 0.00366. The van der Waals surface area contributed by atoms with Gasteiger partial charge in [-0.25, -0.2) is 4.79 Å². The van der Waals surface area contributed by atoms with Crippen LogP contribution in [0.15, 0.2) is 0 Å². The van der Waals surface area contributed by atoms with E-state index in [4.69, 9.17) is 4.74 Å². The Bertz CT molecular complexity index is 441. The minimum atomic E-state index is -0.403. The third-order valence-electron chi connectivity index (χ3n) is 6.03. The molecule has 2 saturated heterocycles. The molecule has 1 N–H and O–H groups in total. The van der Waals surface area contributed by atoms with Gasteiger partial charge in [0.25, 0.3) is 0 Å². The predicted molar refractivity (Wildman–Crippen MR) is 92.5 cm³/mol. The first-order valence-corrected chi connectivity index (χ1v) is 9.43. The summed E-state index contributed by atoms with van der Waals surface area (Å²) in [5, 5.41) is 3.94. The van der Waals surface area contributed by atoms with Crippen molar-refractivity contribution < 1.29 is 9.53 Å². The van der Waals surface area contributed by atoms with Crippen molar-refractivity contribution in [2.75, 3.05) is 0 Å². The molecule has 0 aromatic carbocycles. The van der Waals surface area contributed by atoms with Crippen molar-refractivity contribution >= 4 is 6.09 Å². The number of hydrogen-bond acceptors (Lipinski definition) is 3. The molecule has 3 atom stereocenters. The molecule has 4 heteroatoms. The quantitative estimate of drug-likeness (QED) is 0.832. The van der Waals surface area contributed by atoms with Crippen LogP contribution in [-0.2, 0) is 4.74 Å². The molecular formula is C19H34N2O2. The summed E-state index contributed by atoms with van der Waals surface area (Å²) in [5.74, 6) is 0. The number of amides is 1. The summed E-state index contributed by atoms with van der Waals surface area (Å²) in [6, 6.07) is 1.93. The Morgan fingerprint density at radius 3 is 2.22 bits per heavy atom. The topological polar surface area (TPSA) is 41.6 Å². The average molecular weight is 322 g/mol. The van der Waals surface area contributed by atoms with E-state index in [0.717, 1.165) is 25.7 Å². The molecule has 0 spiro atoms. The third kappa shape index (κ3) is 3.67. The number of ether oxygens (including phenoxy) is 1. The molecule has 1 amide bonds. The summed E-state index contributed by atoms with van der Waals surface area (Å²) in [6.07, 6.45) is 8.30. The lowest BCUT2D eigenvalue weighted by atomic mass is 9.86. The lowest BCUT2D eigenvalue weighted by Gasteiger charge is -2.42. The van der Waals surface area contributed by atoms with Gasteiger partial charge >= 0.3 is 6.09 Å². The molecule has 1 saturated carbocycles. The Labute approximate surface area is 141 Å². The zero-order chi connectivity index (χ0) is 16.8. The predicted octanol–water partition coefficient (Wildman–Crippen LogP) is 4.09. The smallest absolute Gasteiger partial charge is 0.410 e. The van der Waals surface area contributed by atoms with Crippen LogP contribution >= 0.6 is 0 Å². The number of fused-ring (bicyclic) bond motifs is 2. The van der Waals surface area contributed by atoms with E-state index in [2.05, 4.69) is 19.2 Å². The molecule has 0 aromatic heterocycles. The second kappa shape index (κ2) is 5.94. The van der Waals surface area contributed by atoms with Gasteiger partial charge in [0, 0.05) is 24.2 Å². The minimum absolute atomic E-state index is 0.107. The van der Waals surface area contributed by atoms with Crippen molar-refractivity contribution in [3.8, 4) is 0 Å². The van der Waals surface area contributed by atoms with Crippen LogP contribution in [0.2, 0.25) is 0 Å². The second-order valence-electron chi connectivity index (χ2n) is 9.54. The molecule has 0 aromatic rings. The van der Waals surface area contributed by atoms with Crippen LogP contribution in [0.25, 0.3) is 0 Å². The van der Waals surface area contributed by atoms with Gasteiger partial charge in [0.15, 0.2) is 0 Å². The number of carbonyl (C=O) groups excluding carboxylic acids is 1. The van der Waals surface area contributed by atoms with E-state index in [1.807, 2.05) is 25.7 Å². The molecule has 1 aliphatic carbocycles. The first-order valence-electron chi connectivity index (χ1n) is 9.43. The first-order chi connectivity index (χ1) is 10.7. The van der Waals surface area contributed by atoms with Crippen LogP contribution in [-0.4, -0.2) is 40.8 Å². The van der Waals surface area contributed by atoms with E-state index in [1.165, 1.54) is 19.3 Å². The summed E-state index contributed by atoms with van der Waals surface area (Å²) >= 11 is 0. The zero-order valence-electron chi connectivity index (χ0n) is 15.5. The van der Waals surface area contributed by atoms with E-state index < -0.39 is 5.60 Å². The molecule has 23 heavy (non-hydrogen) atoms. The lowest BCUT2D eigenvalue weighted by Crippen LogP contribution is -2.55. The summed E-state index contributed by atoms with van der Waals surface area (Å²) in [6.45, 7) is 10.6. The van der Waals surface area contributed by atoms with Gasteiger partial charge in [-0.3, -0.25) is 0 Å². The maximum absolute atomic E-state index is 12.5. The summed E-state index contributed by atoms with van der Waals surface area (Å²) in [5.41, 5.74) is 0.0147. The van der Waals surface area contributed by atoms with Crippen LogP contribution in [0.3, 0.4) is 0 Å². The Kier molecular flexibility index (Phi) is 4.41. The van der Waals surface area contributed by atoms with Gasteiger partial charge in [-0.15, -0.1) is 0 Å². The molecule has 2 heterocycles. The fourth-order valence-corrected chi connectivity index (χ4v) is 4.85. The zero-order valence-corrected chi connectivity index (χ0v) is 15.5. The number of piperidine rings is 1. The van der Waals surface area contributed by atoms with Gasteiger partial charge in [-0.1, -0.05) is 20.3 Å². The van der Waals surface area contributed by atoms with Crippen molar-refractivity contribution in [2.45, 2.75) is 109 Å². The Balaban J connectivity index is 1.60. The standard InChI is InChI=1S/C19H34N2O2/c1-18(2,3)23-17(22)21-14-8-9-15(21)12-13(11-14)20-16-7-6-10-19(16,4)5/h13-16,20H,6-12H2,1-5H3. The highest BCUT2D eigenvalue weighted by Crippen LogP contribution is 2.41. The highest BCUT2D eigenvalue weighted by molar-refractivity contribution is 5.69. The van der Waals surface area contributed by atoms with Crippen molar-refractivity contribution in [2.24, 2.45) is 5.41 Å². The first kappa shape index (κ1) is 17.1. The number of nitrogens with one attached hydrogen (secondary N) is 1. The highest BCUT2D eigenvalue weighted by Gasteiger charge is 2.46. The minimum Gasteiger partial charge on any atom is -0.444 e. The number of hydrogen-bond donors (Lipinski definition) is 1. The van der Waals surface area contributed by atoms with E-state index in [-0.39, 0.29) is 6.09 Å². The van der Waals surface area contributed by atoms with Crippen LogP contribution in [0.1, 0.15) is 79.6 Å². The summed E-state index contributed by atoms with van der Waals surface area (Å²) < 4.78 is 5.63. The molecule has 2 bridgehead atoms.